The van der Waals surface area contributed by atoms with Crippen LogP contribution in [0.2, 0.25) is 0 Å². The molecule has 0 saturated carbocycles. The van der Waals surface area contributed by atoms with Crippen LogP contribution in [0.4, 0.5) is 0 Å². The molecule has 1 unspecified atom stereocenters. The van der Waals surface area contributed by atoms with Crippen LogP contribution in [-0.4, -0.2) is 12.6 Å². The van der Waals surface area contributed by atoms with E-state index in [1.807, 2.05) is 0 Å². The van der Waals surface area contributed by atoms with Gasteiger partial charge >= 0.3 is 0 Å². The van der Waals surface area contributed by atoms with Crippen molar-refractivity contribution < 1.29 is 0 Å². The summed E-state index contributed by atoms with van der Waals surface area (Å²) in [5, 5.41) is 3.70. The second-order valence-electron chi connectivity index (χ2n) is 6.00. The van der Waals surface area contributed by atoms with Crippen LogP contribution in [0.25, 0.3) is 0 Å². The Bertz CT molecular complexity index is 389. The first-order chi connectivity index (χ1) is 8.92. The number of aryl methyl sites for hydroxylation is 3. The monoisotopic (exact) mass is 243 g/mol. The van der Waals surface area contributed by atoms with Gasteiger partial charge in [0.25, 0.3) is 0 Å². The van der Waals surface area contributed by atoms with Gasteiger partial charge in [-0.15, -0.1) is 0 Å². The molecule has 2 aliphatic rings. The lowest BCUT2D eigenvalue weighted by Gasteiger charge is -2.15. The highest BCUT2D eigenvalue weighted by molar-refractivity contribution is 5.35. The van der Waals surface area contributed by atoms with Gasteiger partial charge in [0.1, 0.15) is 0 Å². The molecule has 1 fully saturated rings. The Balaban J connectivity index is 1.56. The predicted octanol–water partition coefficient (Wildman–Crippen LogP) is 3.64. The first kappa shape index (κ1) is 12.2. The third-order valence-electron chi connectivity index (χ3n) is 4.61. The Kier molecular flexibility index (Phi) is 3.99. The normalized spacial score (nSPS) is 23.7. The highest BCUT2D eigenvalue weighted by Crippen LogP contribution is 2.24. The van der Waals surface area contributed by atoms with Gasteiger partial charge in [-0.1, -0.05) is 31.0 Å². The summed E-state index contributed by atoms with van der Waals surface area (Å²) in [6.45, 7) is 1.23. The van der Waals surface area contributed by atoms with E-state index in [4.69, 9.17) is 0 Å². The van der Waals surface area contributed by atoms with Crippen LogP contribution in [0.15, 0.2) is 18.2 Å². The van der Waals surface area contributed by atoms with Gasteiger partial charge in [0.15, 0.2) is 0 Å². The average Bonchev–Trinajstić information content (AvgIpc) is 2.70. The summed E-state index contributed by atoms with van der Waals surface area (Å²) in [7, 11) is 0. The molecule has 0 aromatic heterocycles. The number of nitrogens with one attached hydrogen (secondary N) is 1. The van der Waals surface area contributed by atoms with Crippen molar-refractivity contribution in [1.29, 1.82) is 0 Å². The van der Waals surface area contributed by atoms with Gasteiger partial charge < -0.3 is 5.32 Å². The van der Waals surface area contributed by atoms with Gasteiger partial charge in [0.2, 0.25) is 0 Å². The zero-order valence-corrected chi connectivity index (χ0v) is 11.4. The van der Waals surface area contributed by atoms with Gasteiger partial charge in [-0.05, 0) is 68.2 Å². The molecule has 1 saturated heterocycles. The van der Waals surface area contributed by atoms with E-state index < -0.39 is 0 Å². The highest BCUT2D eigenvalue weighted by atomic mass is 14.9. The molecule has 1 nitrogen and oxygen atoms in total. The topological polar surface area (TPSA) is 12.0 Å². The summed E-state index contributed by atoms with van der Waals surface area (Å²) in [5.41, 5.74) is 4.79. The number of hydrogen-bond acceptors (Lipinski definition) is 1. The largest absolute Gasteiger partial charge is 0.314 e. The molecule has 1 aromatic carbocycles. The molecular weight excluding hydrogens is 218 g/mol. The standard InChI is InChI=1S/C17H25N/c1-2-7-17(18-12-3-1)11-9-14-8-10-15-5-4-6-16(15)13-14/h8,10,13,17-18H,1-7,9,11-12H2. The lowest BCUT2D eigenvalue weighted by molar-refractivity contribution is 0.478. The second-order valence-corrected chi connectivity index (χ2v) is 6.00. The Labute approximate surface area is 111 Å². The maximum Gasteiger partial charge on any atom is 0.00702 e. The van der Waals surface area contributed by atoms with E-state index in [1.54, 1.807) is 16.7 Å². The molecule has 1 aromatic rings. The van der Waals surface area contributed by atoms with Gasteiger partial charge in [-0.2, -0.15) is 0 Å². The molecule has 98 valence electrons. The number of rotatable bonds is 3. The zero-order valence-electron chi connectivity index (χ0n) is 11.4. The van der Waals surface area contributed by atoms with E-state index in [1.165, 1.54) is 64.3 Å². The van der Waals surface area contributed by atoms with Crippen molar-refractivity contribution in [3.8, 4) is 0 Å². The predicted molar refractivity (Wildman–Crippen MR) is 77.0 cm³/mol. The van der Waals surface area contributed by atoms with E-state index in [0.29, 0.717) is 0 Å². The highest BCUT2D eigenvalue weighted by Gasteiger charge is 2.13. The van der Waals surface area contributed by atoms with Crippen molar-refractivity contribution >= 4 is 0 Å². The lowest BCUT2D eigenvalue weighted by atomic mass is 9.99. The van der Waals surface area contributed by atoms with Crippen molar-refractivity contribution in [3.05, 3.63) is 34.9 Å². The summed E-state index contributed by atoms with van der Waals surface area (Å²) in [4.78, 5) is 0. The van der Waals surface area contributed by atoms with Crippen LogP contribution in [0, 0.1) is 0 Å². The average molecular weight is 243 g/mol. The molecule has 1 aliphatic carbocycles. The smallest absolute Gasteiger partial charge is 0.00702 e. The van der Waals surface area contributed by atoms with E-state index in [0.717, 1.165) is 6.04 Å². The molecule has 0 bridgehead atoms. The van der Waals surface area contributed by atoms with Crippen LogP contribution in [0.5, 0.6) is 0 Å². The summed E-state index contributed by atoms with van der Waals surface area (Å²) in [5.74, 6) is 0. The van der Waals surface area contributed by atoms with Crippen molar-refractivity contribution in [2.24, 2.45) is 0 Å². The van der Waals surface area contributed by atoms with Crippen molar-refractivity contribution in [1.82, 2.24) is 5.32 Å². The number of fused-ring (bicyclic) bond motifs is 1. The second kappa shape index (κ2) is 5.88. The van der Waals surface area contributed by atoms with E-state index in [2.05, 4.69) is 23.5 Å². The Morgan fingerprint density at radius 3 is 2.94 bits per heavy atom. The van der Waals surface area contributed by atoms with Crippen molar-refractivity contribution in [2.75, 3.05) is 6.54 Å². The Morgan fingerprint density at radius 2 is 1.94 bits per heavy atom. The SMILES string of the molecule is c1cc2c(cc1CCC1CCCCCN1)CCC2. The summed E-state index contributed by atoms with van der Waals surface area (Å²) < 4.78 is 0. The maximum absolute atomic E-state index is 3.70. The maximum atomic E-state index is 3.70. The van der Waals surface area contributed by atoms with Crippen molar-refractivity contribution in [2.45, 2.75) is 63.8 Å². The zero-order chi connectivity index (χ0) is 12.2. The third kappa shape index (κ3) is 2.95. The summed E-state index contributed by atoms with van der Waals surface area (Å²) in [6.07, 6.45) is 12.1. The fraction of sp³-hybridized carbons (Fsp3) is 0.647. The minimum Gasteiger partial charge on any atom is -0.314 e. The van der Waals surface area contributed by atoms with E-state index >= 15 is 0 Å². The molecule has 0 amide bonds. The number of hydrogen-bond donors (Lipinski definition) is 1. The molecule has 0 spiro atoms. The third-order valence-corrected chi connectivity index (χ3v) is 4.61. The van der Waals surface area contributed by atoms with Crippen LogP contribution in [0.1, 0.15) is 55.2 Å². The fourth-order valence-electron chi connectivity index (χ4n) is 3.47. The minimum atomic E-state index is 0.765. The van der Waals surface area contributed by atoms with Crippen LogP contribution >= 0.6 is 0 Å². The Morgan fingerprint density at radius 1 is 1.00 bits per heavy atom. The van der Waals surface area contributed by atoms with Crippen LogP contribution in [0.3, 0.4) is 0 Å². The molecule has 1 aliphatic heterocycles. The minimum absolute atomic E-state index is 0.765. The molecule has 1 heterocycles. The summed E-state index contributed by atoms with van der Waals surface area (Å²) >= 11 is 0. The molecule has 1 heteroatoms. The molecule has 1 atom stereocenters. The van der Waals surface area contributed by atoms with Crippen LogP contribution in [-0.2, 0) is 19.3 Å². The van der Waals surface area contributed by atoms with Crippen LogP contribution < -0.4 is 5.32 Å². The van der Waals surface area contributed by atoms with Crippen molar-refractivity contribution in [3.63, 3.8) is 0 Å². The van der Waals surface area contributed by atoms with Gasteiger partial charge in [-0.3, -0.25) is 0 Å². The van der Waals surface area contributed by atoms with E-state index in [-0.39, 0.29) is 0 Å². The Hall–Kier alpha value is -0.820. The molecule has 1 N–H and O–H groups in total. The van der Waals surface area contributed by atoms with Gasteiger partial charge in [0.05, 0.1) is 0 Å². The molecule has 18 heavy (non-hydrogen) atoms. The molecular formula is C17H25N. The first-order valence-corrected chi connectivity index (χ1v) is 7.76. The quantitative estimate of drug-likeness (QED) is 0.854. The van der Waals surface area contributed by atoms with E-state index in [9.17, 15) is 0 Å². The molecule has 3 rings (SSSR count). The lowest BCUT2D eigenvalue weighted by Crippen LogP contribution is -2.28. The first-order valence-electron chi connectivity index (χ1n) is 7.76. The van der Waals surface area contributed by atoms with Gasteiger partial charge in [0, 0.05) is 6.04 Å². The number of benzene rings is 1. The van der Waals surface area contributed by atoms with Gasteiger partial charge in [-0.25, -0.2) is 0 Å². The summed E-state index contributed by atoms with van der Waals surface area (Å²) in [6, 6.07) is 7.97. The fourth-order valence-corrected chi connectivity index (χ4v) is 3.47. The molecule has 0 radical (unpaired) electrons.